The van der Waals surface area contributed by atoms with Gasteiger partial charge in [0.2, 0.25) is 0 Å². The highest BCUT2D eigenvalue weighted by Crippen LogP contribution is 2.33. The van der Waals surface area contributed by atoms with E-state index in [0.29, 0.717) is 5.92 Å². The second-order valence-corrected chi connectivity index (χ2v) is 4.11. The average molecular weight is 191 g/mol. The quantitative estimate of drug-likeness (QED) is 0.669. The second-order valence-electron chi connectivity index (χ2n) is 4.11. The summed E-state index contributed by atoms with van der Waals surface area (Å²) in [6, 6.07) is 8.74. The Morgan fingerprint density at radius 2 is 1.86 bits per heavy atom. The Labute approximate surface area is 87.3 Å². The van der Waals surface area contributed by atoms with Crippen molar-refractivity contribution < 1.29 is 0 Å². The lowest BCUT2D eigenvalue weighted by molar-refractivity contribution is 0.513. The largest absolute Gasteiger partial charge is 0.324 e. The third-order valence-electron chi connectivity index (χ3n) is 2.57. The minimum Gasteiger partial charge on any atom is -0.324 e. The topological polar surface area (TPSA) is 26.0 Å². The first-order valence-corrected chi connectivity index (χ1v) is 5.54. The fourth-order valence-corrected chi connectivity index (χ4v) is 1.83. The van der Waals surface area contributed by atoms with E-state index in [1.54, 1.807) is 0 Å². The van der Waals surface area contributed by atoms with Crippen LogP contribution in [0.5, 0.6) is 0 Å². The zero-order chi connectivity index (χ0) is 10.6. The SMILES string of the molecule is CCC.C[C@H]1Cc2ccccc2[C@H]1N. The molecule has 78 valence electrons. The maximum Gasteiger partial charge on any atom is 0.0326 e. The number of benzene rings is 1. The Balaban J connectivity index is 0.000000293. The van der Waals surface area contributed by atoms with Gasteiger partial charge in [-0.05, 0) is 23.5 Å². The average Bonchev–Trinajstić information content (AvgIpc) is 2.45. The molecule has 14 heavy (non-hydrogen) atoms. The summed E-state index contributed by atoms with van der Waals surface area (Å²) in [5.41, 5.74) is 8.77. The lowest BCUT2D eigenvalue weighted by atomic mass is 10.0. The molecule has 0 aliphatic heterocycles. The van der Waals surface area contributed by atoms with E-state index in [-0.39, 0.29) is 6.04 Å². The van der Waals surface area contributed by atoms with Gasteiger partial charge in [0.25, 0.3) is 0 Å². The molecule has 2 atom stereocenters. The van der Waals surface area contributed by atoms with Crippen LogP contribution < -0.4 is 5.73 Å². The van der Waals surface area contributed by atoms with Gasteiger partial charge in [-0.15, -0.1) is 0 Å². The predicted octanol–water partition coefficient (Wildman–Crippen LogP) is 3.29. The van der Waals surface area contributed by atoms with Crippen molar-refractivity contribution in [1.29, 1.82) is 0 Å². The van der Waals surface area contributed by atoms with Gasteiger partial charge in [-0.1, -0.05) is 51.5 Å². The zero-order valence-corrected chi connectivity index (χ0v) is 9.46. The molecule has 0 amide bonds. The van der Waals surface area contributed by atoms with E-state index in [9.17, 15) is 0 Å². The summed E-state index contributed by atoms with van der Waals surface area (Å²) >= 11 is 0. The molecule has 1 aliphatic carbocycles. The Kier molecular flexibility index (Phi) is 4.15. The zero-order valence-electron chi connectivity index (χ0n) is 9.46. The van der Waals surface area contributed by atoms with Gasteiger partial charge < -0.3 is 5.73 Å². The van der Waals surface area contributed by atoms with Crippen molar-refractivity contribution in [2.24, 2.45) is 11.7 Å². The number of hydrogen-bond donors (Lipinski definition) is 1. The van der Waals surface area contributed by atoms with Crippen molar-refractivity contribution in [3.63, 3.8) is 0 Å². The standard InChI is InChI=1S/C10H13N.C3H8/c1-7-6-8-4-2-3-5-9(8)10(7)11;1-3-2/h2-5,7,10H,6,11H2,1H3;3H2,1-2H3/t7-,10-;/m0./s1. The van der Waals surface area contributed by atoms with Gasteiger partial charge in [0, 0.05) is 6.04 Å². The van der Waals surface area contributed by atoms with E-state index >= 15 is 0 Å². The van der Waals surface area contributed by atoms with Gasteiger partial charge in [-0.25, -0.2) is 0 Å². The smallest absolute Gasteiger partial charge is 0.0326 e. The minimum absolute atomic E-state index is 0.270. The van der Waals surface area contributed by atoms with Crippen molar-refractivity contribution in [2.45, 2.75) is 39.7 Å². The van der Waals surface area contributed by atoms with E-state index in [1.165, 1.54) is 17.5 Å². The summed E-state index contributed by atoms with van der Waals surface area (Å²) in [4.78, 5) is 0. The maximum absolute atomic E-state index is 5.99. The molecule has 1 aromatic rings. The Morgan fingerprint density at radius 1 is 1.29 bits per heavy atom. The number of fused-ring (bicyclic) bond motifs is 1. The van der Waals surface area contributed by atoms with Crippen molar-refractivity contribution >= 4 is 0 Å². The summed E-state index contributed by atoms with van der Waals surface area (Å²) in [6.45, 7) is 6.46. The van der Waals surface area contributed by atoms with Gasteiger partial charge >= 0.3 is 0 Å². The van der Waals surface area contributed by atoms with Crippen LogP contribution in [0.2, 0.25) is 0 Å². The molecule has 1 aliphatic rings. The van der Waals surface area contributed by atoms with Crippen LogP contribution in [0.15, 0.2) is 24.3 Å². The van der Waals surface area contributed by atoms with Gasteiger partial charge in [-0.3, -0.25) is 0 Å². The van der Waals surface area contributed by atoms with Crippen LogP contribution in [0.4, 0.5) is 0 Å². The van der Waals surface area contributed by atoms with E-state index in [0.717, 1.165) is 6.42 Å². The maximum atomic E-state index is 5.99. The highest BCUT2D eigenvalue weighted by Gasteiger charge is 2.24. The van der Waals surface area contributed by atoms with Crippen LogP contribution in [-0.2, 0) is 6.42 Å². The van der Waals surface area contributed by atoms with E-state index < -0.39 is 0 Å². The Hall–Kier alpha value is -0.820. The molecule has 0 saturated heterocycles. The third-order valence-corrected chi connectivity index (χ3v) is 2.57. The molecular weight excluding hydrogens is 170 g/mol. The molecular formula is C13H21N. The predicted molar refractivity (Wildman–Crippen MR) is 62.2 cm³/mol. The van der Waals surface area contributed by atoms with Crippen LogP contribution in [0.25, 0.3) is 0 Å². The first kappa shape index (κ1) is 11.3. The van der Waals surface area contributed by atoms with Crippen LogP contribution >= 0.6 is 0 Å². The lowest BCUT2D eigenvalue weighted by Crippen LogP contribution is -2.13. The van der Waals surface area contributed by atoms with Gasteiger partial charge in [0.05, 0.1) is 0 Å². The summed E-state index contributed by atoms with van der Waals surface area (Å²) in [6.07, 6.45) is 2.40. The Bertz CT molecular complexity index is 280. The minimum atomic E-state index is 0.270. The van der Waals surface area contributed by atoms with Crippen LogP contribution in [0.1, 0.15) is 44.4 Å². The van der Waals surface area contributed by atoms with Crippen LogP contribution in [0, 0.1) is 5.92 Å². The second kappa shape index (κ2) is 5.16. The molecule has 0 spiro atoms. The summed E-state index contributed by atoms with van der Waals surface area (Å²) in [5.74, 6) is 0.618. The van der Waals surface area contributed by atoms with E-state index in [2.05, 4.69) is 45.0 Å². The molecule has 0 radical (unpaired) electrons. The molecule has 0 fully saturated rings. The molecule has 1 heteroatoms. The van der Waals surface area contributed by atoms with Crippen molar-refractivity contribution in [2.75, 3.05) is 0 Å². The van der Waals surface area contributed by atoms with Crippen molar-refractivity contribution in [3.05, 3.63) is 35.4 Å². The number of rotatable bonds is 0. The highest BCUT2D eigenvalue weighted by molar-refractivity contribution is 5.34. The number of hydrogen-bond acceptors (Lipinski definition) is 1. The molecule has 0 saturated carbocycles. The van der Waals surface area contributed by atoms with Crippen LogP contribution in [0.3, 0.4) is 0 Å². The summed E-state index contributed by atoms with van der Waals surface area (Å²) in [5, 5.41) is 0. The normalized spacial score (nSPS) is 23.7. The molecule has 0 bridgehead atoms. The fraction of sp³-hybridized carbons (Fsp3) is 0.538. The molecule has 2 N–H and O–H groups in total. The molecule has 2 rings (SSSR count). The molecule has 1 aromatic carbocycles. The third kappa shape index (κ3) is 2.36. The molecule has 0 unspecified atom stereocenters. The lowest BCUT2D eigenvalue weighted by Gasteiger charge is -2.08. The molecule has 1 nitrogen and oxygen atoms in total. The van der Waals surface area contributed by atoms with Gasteiger partial charge in [0.1, 0.15) is 0 Å². The van der Waals surface area contributed by atoms with Crippen molar-refractivity contribution in [1.82, 2.24) is 0 Å². The van der Waals surface area contributed by atoms with Crippen molar-refractivity contribution in [3.8, 4) is 0 Å². The van der Waals surface area contributed by atoms with Gasteiger partial charge in [0.15, 0.2) is 0 Å². The summed E-state index contributed by atoms with van der Waals surface area (Å²) in [7, 11) is 0. The molecule has 0 heterocycles. The van der Waals surface area contributed by atoms with Gasteiger partial charge in [-0.2, -0.15) is 0 Å². The highest BCUT2D eigenvalue weighted by atomic mass is 14.7. The van der Waals surface area contributed by atoms with E-state index in [4.69, 9.17) is 5.73 Å². The first-order valence-electron chi connectivity index (χ1n) is 5.54. The van der Waals surface area contributed by atoms with E-state index in [1.807, 2.05) is 0 Å². The Morgan fingerprint density at radius 3 is 2.43 bits per heavy atom. The first-order chi connectivity index (χ1) is 6.70. The summed E-state index contributed by atoms with van der Waals surface area (Å²) < 4.78 is 0. The monoisotopic (exact) mass is 191 g/mol. The fourth-order valence-electron chi connectivity index (χ4n) is 1.83. The van der Waals surface area contributed by atoms with Crippen LogP contribution in [-0.4, -0.2) is 0 Å². The number of nitrogens with two attached hydrogens (primary N) is 1. The molecule has 0 aromatic heterocycles.